The summed E-state index contributed by atoms with van der Waals surface area (Å²) in [7, 11) is 0. The van der Waals surface area contributed by atoms with Crippen LogP contribution in [0.1, 0.15) is 12.8 Å². The molecule has 1 heterocycles. The lowest BCUT2D eigenvalue weighted by Crippen LogP contribution is -2.24. The molecule has 1 fully saturated rings. The number of hydrogen-bond donors (Lipinski definition) is 0. The smallest absolute Gasteiger partial charge is 0.164 e. The Bertz CT molecular complexity index is 86.3. The minimum Gasteiger partial charge on any atom is -0.352 e. The van der Waals surface area contributed by atoms with E-state index >= 15 is 0 Å². The first kappa shape index (κ1) is 6.71. The molecule has 0 bridgehead atoms. The van der Waals surface area contributed by atoms with Crippen LogP contribution in [0.4, 0.5) is 0 Å². The molecular weight excluding hydrogens is 120 g/mol. The maximum atomic E-state index is 9.91. The summed E-state index contributed by atoms with van der Waals surface area (Å²) in [5, 5.41) is 0. The molecule has 1 saturated heterocycles. The number of hydrogen-bond acceptors (Lipinski definition) is 3. The molecule has 1 aliphatic rings. The molecule has 0 saturated carbocycles. The molecule has 0 radical (unpaired) electrons. The van der Waals surface area contributed by atoms with Gasteiger partial charge in [-0.3, -0.25) is 0 Å². The van der Waals surface area contributed by atoms with Gasteiger partial charge in [-0.1, -0.05) is 0 Å². The van der Waals surface area contributed by atoms with Crippen LogP contribution < -0.4 is 0 Å². The molecule has 0 atom stereocenters. The fraction of sp³-hybridized carbons (Fsp3) is 0.833. The molecule has 0 N–H and O–H groups in total. The topological polar surface area (TPSA) is 35.5 Å². The first-order valence-electron chi connectivity index (χ1n) is 3.10. The van der Waals surface area contributed by atoms with E-state index in [0.29, 0.717) is 6.42 Å². The van der Waals surface area contributed by atoms with Gasteiger partial charge in [0.05, 0.1) is 19.6 Å². The van der Waals surface area contributed by atoms with E-state index in [2.05, 4.69) is 0 Å². The SMILES string of the molecule is O=CCC1OCCCO1. The lowest BCUT2D eigenvalue weighted by Gasteiger charge is -2.20. The summed E-state index contributed by atoms with van der Waals surface area (Å²) in [6.45, 7) is 1.44. The zero-order valence-corrected chi connectivity index (χ0v) is 5.21. The van der Waals surface area contributed by atoms with E-state index in [1.807, 2.05) is 0 Å². The van der Waals surface area contributed by atoms with Crippen molar-refractivity contribution in [3.63, 3.8) is 0 Å². The van der Waals surface area contributed by atoms with Gasteiger partial charge in [0, 0.05) is 0 Å². The lowest BCUT2D eigenvalue weighted by molar-refractivity contribution is -0.180. The van der Waals surface area contributed by atoms with Gasteiger partial charge in [-0.05, 0) is 6.42 Å². The van der Waals surface area contributed by atoms with Gasteiger partial charge in [-0.15, -0.1) is 0 Å². The highest BCUT2D eigenvalue weighted by molar-refractivity contribution is 5.49. The van der Waals surface area contributed by atoms with Crippen molar-refractivity contribution in [2.45, 2.75) is 19.1 Å². The summed E-state index contributed by atoms with van der Waals surface area (Å²) >= 11 is 0. The zero-order chi connectivity index (χ0) is 6.53. The zero-order valence-electron chi connectivity index (χ0n) is 5.21. The second kappa shape index (κ2) is 3.58. The van der Waals surface area contributed by atoms with E-state index in [-0.39, 0.29) is 6.29 Å². The highest BCUT2D eigenvalue weighted by Crippen LogP contribution is 2.05. The lowest BCUT2D eigenvalue weighted by atomic mass is 10.4. The Morgan fingerprint density at radius 1 is 1.44 bits per heavy atom. The molecule has 52 valence electrons. The van der Waals surface area contributed by atoms with Crippen molar-refractivity contribution in [1.82, 2.24) is 0 Å². The largest absolute Gasteiger partial charge is 0.352 e. The Morgan fingerprint density at radius 3 is 2.67 bits per heavy atom. The maximum absolute atomic E-state index is 9.91. The second-order valence-corrected chi connectivity index (χ2v) is 1.93. The van der Waals surface area contributed by atoms with Crippen molar-refractivity contribution < 1.29 is 14.3 Å². The van der Waals surface area contributed by atoms with Crippen LogP contribution in [0, 0.1) is 0 Å². The third kappa shape index (κ3) is 2.11. The van der Waals surface area contributed by atoms with Crippen LogP contribution in [-0.2, 0) is 14.3 Å². The molecule has 0 aliphatic carbocycles. The predicted octanol–water partition coefficient (Wildman–Crippen LogP) is 0.338. The monoisotopic (exact) mass is 130 g/mol. The summed E-state index contributed by atoms with van der Waals surface area (Å²) in [5.41, 5.74) is 0. The third-order valence-electron chi connectivity index (χ3n) is 1.18. The Kier molecular flexibility index (Phi) is 2.67. The molecule has 0 aromatic carbocycles. The first-order chi connectivity index (χ1) is 4.43. The van der Waals surface area contributed by atoms with E-state index in [4.69, 9.17) is 9.47 Å². The first-order valence-corrected chi connectivity index (χ1v) is 3.10. The average Bonchev–Trinajstić information content (AvgIpc) is 1.91. The number of aldehydes is 1. The van der Waals surface area contributed by atoms with Crippen LogP contribution in [-0.4, -0.2) is 25.8 Å². The third-order valence-corrected chi connectivity index (χ3v) is 1.18. The van der Waals surface area contributed by atoms with Gasteiger partial charge in [0.2, 0.25) is 0 Å². The fourth-order valence-corrected chi connectivity index (χ4v) is 0.751. The Hall–Kier alpha value is -0.410. The second-order valence-electron chi connectivity index (χ2n) is 1.93. The molecule has 0 spiro atoms. The molecule has 0 aromatic heterocycles. The molecule has 1 rings (SSSR count). The van der Waals surface area contributed by atoms with Crippen molar-refractivity contribution in [2.24, 2.45) is 0 Å². The van der Waals surface area contributed by atoms with E-state index < -0.39 is 0 Å². The number of carbonyl (C=O) groups excluding carboxylic acids is 1. The summed E-state index contributed by atoms with van der Waals surface area (Å²) in [5.74, 6) is 0. The van der Waals surface area contributed by atoms with Gasteiger partial charge < -0.3 is 14.3 Å². The van der Waals surface area contributed by atoms with Gasteiger partial charge in [-0.25, -0.2) is 0 Å². The van der Waals surface area contributed by atoms with Crippen LogP contribution in [0.5, 0.6) is 0 Å². The molecule has 0 unspecified atom stereocenters. The highest BCUT2D eigenvalue weighted by atomic mass is 16.7. The quantitative estimate of drug-likeness (QED) is 0.505. The summed E-state index contributed by atoms with van der Waals surface area (Å²) < 4.78 is 10.1. The predicted molar refractivity (Wildman–Crippen MR) is 31.0 cm³/mol. The Morgan fingerprint density at radius 2 is 2.11 bits per heavy atom. The number of ether oxygens (including phenoxy) is 2. The van der Waals surface area contributed by atoms with Gasteiger partial charge in [0.1, 0.15) is 6.29 Å². The Labute approximate surface area is 53.9 Å². The molecule has 1 aliphatic heterocycles. The number of rotatable bonds is 2. The van der Waals surface area contributed by atoms with Crippen molar-refractivity contribution in [1.29, 1.82) is 0 Å². The Balaban J connectivity index is 2.15. The minimum absolute atomic E-state index is 0.267. The van der Waals surface area contributed by atoms with Crippen molar-refractivity contribution in [2.75, 3.05) is 13.2 Å². The standard InChI is InChI=1S/C6H10O3/c7-3-2-6-8-4-1-5-9-6/h3,6H,1-2,4-5H2. The molecular formula is C6H10O3. The normalized spacial score (nSPS) is 21.8. The van der Waals surface area contributed by atoms with Crippen molar-refractivity contribution in [3.8, 4) is 0 Å². The van der Waals surface area contributed by atoms with Gasteiger partial charge >= 0.3 is 0 Å². The van der Waals surface area contributed by atoms with Crippen molar-refractivity contribution >= 4 is 6.29 Å². The van der Waals surface area contributed by atoms with Crippen LogP contribution >= 0.6 is 0 Å². The van der Waals surface area contributed by atoms with Crippen LogP contribution in [0.15, 0.2) is 0 Å². The number of carbonyl (C=O) groups is 1. The van der Waals surface area contributed by atoms with E-state index in [0.717, 1.165) is 25.9 Å². The summed E-state index contributed by atoms with van der Waals surface area (Å²) in [6.07, 6.45) is 1.85. The average molecular weight is 130 g/mol. The summed E-state index contributed by atoms with van der Waals surface area (Å²) in [6, 6.07) is 0. The molecule has 0 aromatic rings. The van der Waals surface area contributed by atoms with E-state index in [9.17, 15) is 4.79 Å². The van der Waals surface area contributed by atoms with E-state index in [1.54, 1.807) is 0 Å². The summed E-state index contributed by atoms with van der Waals surface area (Å²) in [4.78, 5) is 9.91. The van der Waals surface area contributed by atoms with Gasteiger partial charge in [0.15, 0.2) is 6.29 Å². The molecule has 3 nitrogen and oxygen atoms in total. The maximum Gasteiger partial charge on any atom is 0.164 e. The van der Waals surface area contributed by atoms with Crippen LogP contribution in [0.25, 0.3) is 0 Å². The van der Waals surface area contributed by atoms with Crippen LogP contribution in [0.2, 0.25) is 0 Å². The van der Waals surface area contributed by atoms with Crippen molar-refractivity contribution in [3.05, 3.63) is 0 Å². The fourth-order valence-electron chi connectivity index (χ4n) is 0.751. The van der Waals surface area contributed by atoms with Gasteiger partial charge in [0.25, 0.3) is 0 Å². The molecule has 0 amide bonds. The van der Waals surface area contributed by atoms with Gasteiger partial charge in [-0.2, -0.15) is 0 Å². The van der Waals surface area contributed by atoms with Crippen LogP contribution in [0.3, 0.4) is 0 Å². The minimum atomic E-state index is -0.267. The molecule has 9 heavy (non-hydrogen) atoms. The highest BCUT2D eigenvalue weighted by Gasteiger charge is 2.12. The molecule has 3 heteroatoms. The van der Waals surface area contributed by atoms with E-state index in [1.165, 1.54) is 0 Å².